The molecule has 0 bridgehead atoms. The minimum atomic E-state index is -0.249. The van der Waals surface area contributed by atoms with Crippen molar-refractivity contribution in [1.82, 2.24) is 9.88 Å². The second-order valence-electron chi connectivity index (χ2n) is 5.30. The Hall–Kier alpha value is -1.27. The van der Waals surface area contributed by atoms with Gasteiger partial charge in [-0.05, 0) is 25.7 Å². The van der Waals surface area contributed by atoms with E-state index in [4.69, 9.17) is 4.74 Å². The minimum Gasteiger partial charge on any atom is -0.368 e. The molecule has 1 aromatic heterocycles. The second kappa shape index (κ2) is 6.01. The third-order valence-corrected chi connectivity index (χ3v) is 4.81. The molecule has 0 aromatic carbocycles. The third kappa shape index (κ3) is 2.76. The zero-order chi connectivity index (χ0) is 13.9. The van der Waals surface area contributed by atoms with Crippen molar-refractivity contribution in [3.05, 3.63) is 16.6 Å². The molecule has 1 amide bonds. The predicted molar refractivity (Wildman–Crippen MR) is 74.7 cm³/mol. The van der Waals surface area contributed by atoms with Gasteiger partial charge in [0.15, 0.2) is 10.8 Å². The molecule has 1 atom stereocenters. The molecule has 1 unspecified atom stereocenters. The van der Waals surface area contributed by atoms with Gasteiger partial charge in [-0.2, -0.15) is 0 Å². The molecule has 2 aliphatic heterocycles. The van der Waals surface area contributed by atoms with Crippen LogP contribution in [0.1, 0.15) is 35.5 Å². The first kappa shape index (κ1) is 13.7. The fraction of sp³-hybridized carbons (Fsp3) is 0.643. The lowest BCUT2D eigenvalue weighted by molar-refractivity contribution is -0.142. The molecule has 0 aliphatic carbocycles. The number of Topliss-reactive ketones (excluding diaryl/α,β-unsaturated/α-hetero) is 1. The van der Waals surface area contributed by atoms with E-state index in [1.807, 2.05) is 10.3 Å². The number of aromatic nitrogens is 1. The number of likely N-dealkylation sites (tertiary alicyclic amines) is 1. The summed E-state index contributed by atoms with van der Waals surface area (Å²) in [5.41, 5.74) is 0. The normalized spacial score (nSPS) is 24.0. The van der Waals surface area contributed by atoms with Gasteiger partial charge in [0.1, 0.15) is 6.10 Å². The van der Waals surface area contributed by atoms with Gasteiger partial charge in [0, 0.05) is 37.2 Å². The molecule has 6 heteroatoms. The molecule has 1 aromatic rings. The predicted octanol–water partition coefficient (Wildman–Crippen LogP) is 1.74. The Morgan fingerprint density at radius 1 is 1.30 bits per heavy atom. The number of carbonyl (C=O) groups is 2. The Bertz CT molecular complexity index is 475. The van der Waals surface area contributed by atoms with Crippen molar-refractivity contribution in [3.63, 3.8) is 0 Å². The van der Waals surface area contributed by atoms with Crippen molar-refractivity contribution in [2.75, 3.05) is 19.7 Å². The molecule has 0 saturated carbocycles. The van der Waals surface area contributed by atoms with Gasteiger partial charge in [-0.1, -0.05) is 0 Å². The summed E-state index contributed by atoms with van der Waals surface area (Å²) in [5.74, 6) is 0.238. The Balaban J connectivity index is 1.54. The summed E-state index contributed by atoms with van der Waals surface area (Å²) in [6.45, 7) is 2.00. The van der Waals surface area contributed by atoms with Crippen LogP contribution in [0.3, 0.4) is 0 Å². The smallest absolute Gasteiger partial charge is 0.251 e. The van der Waals surface area contributed by atoms with Crippen LogP contribution in [0.5, 0.6) is 0 Å². The first-order valence-electron chi connectivity index (χ1n) is 7.10. The summed E-state index contributed by atoms with van der Waals surface area (Å²) in [7, 11) is 0. The van der Waals surface area contributed by atoms with Crippen LogP contribution in [-0.4, -0.2) is 47.4 Å². The van der Waals surface area contributed by atoms with Gasteiger partial charge < -0.3 is 9.64 Å². The highest BCUT2D eigenvalue weighted by Crippen LogP contribution is 2.24. The number of amides is 1. The van der Waals surface area contributed by atoms with Crippen LogP contribution >= 0.6 is 11.3 Å². The van der Waals surface area contributed by atoms with Crippen molar-refractivity contribution < 1.29 is 14.3 Å². The zero-order valence-corrected chi connectivity index (χ0v) is 12.1. The van der Waals surface area contributed by atoms with Crippen molar-refractivity contribution in [3.8, 4) is 0 Å². The molecular formula is C14H18N2O3S. The molecule has 5 nitrogen and oxygen atoms in total. The van der Waals surface area contributed by atoms with Crippen molar-refractivity contribution in [2.45, 2.75) is 31.8 Å². The van der Waals surface area contributed by atoms with E-state index in [1.165, 1.54) is 11.3 Å². The van der Waals surface area contributed by atoms with E-state index >= 15 is 0 Å². The molecule has 108 valence electrons. The van der Waals surface area contributed by atoms with Gasteiger partial charge in [-0.15, -0.1) is 11.3 Å². The molecule has 0 N–H and O–H groups in total. The number of nitrogens with zero attached hydrogens (tertiary/aromatic N) is 2. The fourth-order valence-electron chi connectivity index (χ4n) is 2.86. The largest absolute Gasteiger partial charge is 0.368 e. The average Bonchev–Trinajstić information content (AvgIpc) is 3.18. The van der Waals surface area contributed by atoms with Crippen LogP contribution in [0, 0.1) is 5.92 Å². The fourth-order valence-corrected chi connectivity index (χ4v) is 3.51. The van der Waals surface area contributed by atoms with Gasteiger partial charge in [0.25, 0.3) is 5.91 Å². The van der Waals surface area contributed by atoms with Crippen molar-refractivity contribution >= 4 is 23.0 Å². The van der Waals surface area contributed by atoms with Gasteiger partial charge in [-0.3, -0.25) is 9.59 Å². The Labute approximate surface area is 121 Å². The van der Waals surface area contributed by atoms with E-state index in [1.54, 1.807) is 6.20 Å². The molecule has 2 aliphatic rings. The highest BCUT2D eigenvalue weighted by molar-refractivity contribution is 7.11. The van der Waals surface area contributed by atoms with Gasteiger partial charge in [0.2, 0.25) is 0 Å². The highest BCUT2D eigenvalue weighted by atomic mass is 32.1. The maximum absolute atomic E-state index is 12.2. The van der Waals surface area contributed by atoms with E-state index < -0.39 is 0 Å². The van der Waals surface area contributed by atoms with E-state index in [9.17, 15) is 9.59 Å². The maximum atomic E-state index is 12.2. The first-order valence-corrected chi connectivity index (χ1v) is 7.98. The number of thiazole rings is 1. The van der Waals surface area contributed by atoms with E-state index in [0.29, 0.717) is 24.7 Å². The summed E-state index contributed by atoms with van der Waals surface area (Å²) in [5, 5.41) is 2.41. The number of piperidine rings is 1. The van der Waals surface area contributed by atoms with Crippen LogP contribution in [0.25, 0.3) is 0 Å². The summed E-state index contributed by atoms with van der Waals surface area (Å²) in [6.07, 6.45) is 4.68. The molecular weight excluding hydrogens is 276 g/mol. The summed E-state index contributed by atoms with van der Waals surface area (Å²) in [6, 6.07) is 0. The molecule has 2 saturated heterocycles. The van der Waals surface area contributed by atoms with Crippen molar-refractivity contribution in [1.29, 1.82) is 0 Å². The van der Waals surface area contributed by atoms with E-state index in [2.05, 4.69) is 4.98 Å². The third-order valence-electron chi connectivity index (χ3n) is 4.03. The monoisotopic (exact) mass is 294 g/mol. The molecule has 3 rings (SSSR count). The second-order valence-corrected chi connectivity index (χ2v) is 6.20. The van der Waals surface area contributed by atoms with Crippen molar-refractivity contribution in [2.24, 2.45) is 5.92 Å². The number of carbonyl (C=O) groups excluding carboxylic acids is 2. The first-order chi connectivity index (χ1) is 9.75. The highest BCUT2D eigenvalue weighted by Gasteiger charge is 2.33. The maximum Gasteiger partial charge on any atom is 0.251 e. The van der Waals surface area contributed by atoms with Crippen LogP contribution in [0.15, 0.2) is 11.6 Å². The quantitative estimate of drug-likeness (QED) is 0.797. The summed E-state index contributed by atoms with van der Waals surface area (Å²) >= 11 is 1.39. The Kier molecular flexibility index (Phi) is 4.12. The number of hydrogen-bond donors (Lipinski definition) is 0. The van der Waals surface area contributed by atoms with E-state index in [-0.39, 0.29) is 23.7 Å². The van der Waals surface area contributed by atoms with Crippen LogP contribution in [0.4, 0.5) is 0 Å². The average molecular weight is 294 g/mol. The molecule has 20 heavy (non-hydrogen) atoms. The number of ether oxygens (including phenoxy) is 1. The molecule has 2 fully saturated rings. The zero-order valence-electron chi connectivity index (χ0n) is 11.3. The topological polar surface area (TPSA) is 59.5 Å². The lowest BCUT2D eigenvalue weighted by Crippen LogP contribution is -2.44. The lowest BCUT2D eigenvalue weighted by atomic mass is 9.92. The van der Waals surface area contributed by atoms with Gasteiger partial charge in [-0.25, -0.2) is 4.98 Å². The van der Waals surface area contributed by atoms with Crippen LogP contribution < -0.4 is 0 Å². The van der Waals surface area contributed by atoms with Gasteiger partial charge >= 0.3 is 0 Å². The summed E-state index contributed by atoms with van der Waals surface area (Å²) in [4.78, 5) is 30.4. The number of ketones is 1. The molecule has 0 spiro atoms. The standard InChI is InChI=1S/C14H18N2O3S/c17-12(13-15-5-9-20-13)10-3-6-16(7-4-10)14(18)11-2-1-8-19-11/h5,9-11H,1-4,6-8H2. The minimum absolute atomic E-state index is 0.00898. The Morgan fingerprint density at radius 3 is 2.70 bits per heavy atom. The Morgan fingerprint density at radius 2 is 2.10 bits per heavy atom. The van der Waals surface area contributed by atoms with Crippen LogP contribution in [0.2, 0.25) is 0 Å². The molecule has 0 radical (unpaired) electrons. The summed E-state index contributed by atoms with van der Waals surface area (Å²) < 4.78 is 5.43. The van der Waals surface area contributed by atoms with Crippen LogP contribution in [-0.2, 0) is 9.53 Å². The lowest BCUT2D eigenvalue weighted by Gasteiger charge is -2.32. The SMILES string of the molecule is O=C(c1nccs1)C1CCN(C(=O)C2CCCO2)CC1. The van der Waals surface area contributed by atoms with Gasteiger partial charge in [0.05, 0.1) is 0 Å². The number of rotatable bonds is 3. The van der Waals surface area contributed by atoms with E-state index in [0.717, 1.165) is 25.7 Å². The number of hydrogen-bond acceptors (Lipinski definition) is 5. The molecule has 3 heterocycles.